The summed E-state index contributed by atoms with van der Waals surface area (Å²) < 4.78 is 5.20. The number of hydrogen-bond acceptors (Lipinski definition) is 3. The van der Waals surface area contributed by atoms with Gasteiger partial charge in [0.15, 0.2) is 0 Å². The van der Waals surface area contributed by atoms with Crippen LogP contribution in [-0.2, 0) is 0 Å². The van der Waals surface area contributed by atoms with E-state index < -0.39 is 0 Å². The van der Waals surface area contributed by atoms with Crippen molar-refractivity contribution in [3.63, 3.8) is 0 Å². The van der Waals surface area contributed by atoms with Gasteiger partial charge in [0.05, 0.1) is 12.7 Å². The first-order chi connectivity index (χ1) is 11.0. The number of methoxy groups -OCH3 is 1. The zero-order chi connectivity index (χ0) is 16.8. The molecule has 0 heterocycles. The van der Waals surface area contributed by atoms with Gasteiger partial charge in [0.25, 0.3) is 5.91 Å². The molecular weight excluding hydrogens is 324 g/mol. The minimum absolute atomic E-state index is 0. The number of ether oxygens (including phenoxy) is 1. The Labute approximate surface area is 149 Å². The number of nitrogens with one attached hydrogen (secondary N) is 1. The SMILES string of the molecule is COc1ccccc1C(=O)NCC(N)c1ccc(C(C)C)cc1.Cl. The van der Waals surface area contributed by atoms with Crippen LogP contribution in [0.5, 0.6) is 5.75 Å². The van der Waals surface area contributed by atoms with Gasteiger partial charge in [0.2, 0.25) is 0 Å². The molecule has 0 fully saturated rings. The number of nitrogens with two attached hydrogens (primary N) is 1. The topological polar surface area (TPSA) is 64.3 Å². The highest BCUT2D eigenvalue weighted by molar-refractivity contribution is 5.96. The van der Waals surface area contributed by atoms with Crippen molar-refractivity contribution in [2.45, 2.75) is 25.8 Å². The van der Waals surface area contributed by atoms with Crippen molar-refractivity contribution in [2.75, 3.05) is 13.7 Å². The predicted octanol–water partition coefficient (Wildman–Crippen LogP) is 3.67. The van der Waals surface area contributed by atoms with Crippen LogP contribution in [0.15, 0.2) is 48.5 Å². The van der Waals surface area contributed by atoms with Gasteiger partial charge in [-0.05, 0) is 29.2 Å². The molecule has 1 atom stereocenters. The smallest absolute Gasteiger partial charge is 0.255 e. The highest BCUT2D eigenvalue weighted by Crippen LogP contribution is 2.19. The van der Waals surface area contributed by atoms with Crippen molar-refractivity contribution >= 4 is 18.3 Å². The van der Waals surface area contributed by atoms with E-state index in [4.69, 9.17) is 10.5 Å². The minimum Gasteiger partial charge on any atom is -0.496 e. The molecule has 1 amide bonds. The van der Waals surface area contributed by atoms with Gasteiger partial charge in [0, 0.05) is 12.6 Å². The van der Waals surface area contributed by atoms with E-state index in [2.05, 4.69) is 31.3 Å². The fourth-order valence-corrected chi connectivity index (χ4v) is 2.38. The molecule has 2 aromatic rings. The third-order valence-electron chi connectivity index (χ3n) is 3.87. The largest absolute Gasteiger partial charge is 0.496 e. The van der Waals surface area contributed by atoms with Crippen LogP contribution in [0.2, 0.25) is 0 Å². The van der Waals surface area contributed by atoms with Gasteiger partial charge in [0.1, 0.15) is 5.75 Å². The Morgan fingerprint density at radius 2 is 1.67 bits per heavy atom. The van der Waals surface area contributed by atoms with E-state index in [1.807, 2.05) is 24.3 Å². The van der Waals surface area contributed by atoms with E-state index in [1.54, 1.807) is 19.2 Å². The second-order valence-corrected chi connectivity index (χ2v) is 5.84. The van der Waals surface area contributed by atoms with Crippen molar-refractivity contribution in [1.82, 2.24) is 5.32 Å². The zero-order valence-electron chi connectivity index (χ0n) is 14.3. The van der Waals surface area contributed by atoms with Crippen molar-refractivity contribution in [1.29, 1.82) is 0 Å². The quantitative estimate of drug-likeness (QED) is 0.837. The van der Waals surface area contributed by atoms with Crippen LogP contribution in [0.4, 0.5) is 0 Å². The standard InChI is InChI=1S/C19H24N2O2.ClH/c1-13(2)14-8-10-15(11-9-14)17(20)12-21-19(22)16-6-4-5-7-18(16)23-3;/h4-11,13,17H,12,20H2,1-3H3,(H,21,22);1H. The van der Waals surface area contributed by atoms with Gasteiger partial charge >= 0.3 is 0 Å². The predicted molar refractivity (Wildman–Crippen MR) is 100 cm³/mol. The van der Waals surface area contributed by atoms with Crippen LogP contribution in [0.25, 0.3) is 0 Å². The van der Waals surface area contributed by atoms with E-state index in [1.165, 1.54) is 5.56 Å². The zero-order valence-corrected chi connectivity index (χ0v) is 15.1. The van der Waals surface area contributed by atoms with Crippen LogP contribution < -0.4 is 15.8 Å². The van der Waals surface area contributed by atoms with Crippen LogP contribution >= 0.6 is 12.4 Å². The molecule has 24 heavy (non-hydrogen) atoms. The highest BCUT2D eigenvalue weighted by Gasteiger charge is 2.13. The average molecular weight is 349 g/mol. The normalized spacial score (nSPS) is 11.5. The lowest BCUT2D eigenvalue weighted by Crippen LogP contribution is -2.32. The first-order valence-electron chi connectivity index (χ1n) is 7.79. The molecule has 0 radical (unpaired) electrons. The van der Waals surface area contributed by atoms with E-state index in [0.717, 1.165) is 5.56 Å². The average Bonchev–Trinajstić information content (AvgIpc) is 2.59. The number of benzene rings is 2. The summed E-state index contributed by atoms with van der Waals surface area (Å²) in [6, 6.07) is 15.1. The third kappa shape index (κ3) is 4.98. The molecule has 0 aromatic heterocycles. The second-order valence-electron chi connectivity index (χ2n) is 5.84. The second kappa shape index (κ2) is 9.30. The summed E-state index contributed by atoms with van der Waals surface area (Å²) in [6.07, 6.45) is 0. The molecule has 0 aliphatic carbocycles. The van der Waals surface area contributed by atoms with Crippen LogP contribution in [0.3, 0.4) is 0 Å². The molecule has 5 heteroatoms. The number of amides is 1. The minimum atomic E-state index is -0.241. The Kier molecular flexibility index (Phi) is 7.75. The maximum Gasteiger partial charge on any atom is 0.255 e. The molecule has 2 rings (SSSR count). The Balaban J connectivity index is 0.00000288. The van der Waals surface area contributed by atoms with Crippen molar-refractivity contribution in [3.8, 4) is 5.75 Å². The van der Waals surface area contributed by atoms with E-state index in [9.17, 15) is 4.79 Å². The van der Waals surface area contributed by atoms with E-state index in [-0.39, 0.29) is 24.4 Å². The maximum absolute atomic E-state index is 12.3. The molecule has 0 aliphatic heterocycles. The maximum atomic E-state index is 12.3. The van der Waals surface area contributed by atoms with Crippen molar-refractivity contribution < 1.29 is 9.53 Å². The Morgan fingerprint density at radius 3 is 2.25 bits per heavy atom. The summed E-state index contributed by atoms with van der Waals surface area (Å²) in [6.45, 7) is 4.68. The molecule has 4 nitrogen and oxygen atoms in total. The van der Waals surface area contributed by atoms with Gasteiger partial charge in [-0.2, -0.15) is 0 Å². The van der Waals surface area contributed by atoms with Crippen LogP contribution in [-0.4, -0.2) is 19.6 Å². The summed E-state index contributed by atoms with van der Waals surface area (Å²) in [5.74, 6) is 0.863. The van der Waals surface area contributed by atoms with Gasteiger partial charge < -0.3 is 15.8 Å². The number of halogens is 1. The van der Waals surface area contributed by atoms with E-state index in [0.29, 0.717) is 23.8 Å². The summed E-state index contributed by atoms with van der Waals surface area (Å²) in [5, 5.41) is 2.87. The number of rotatable bonds is 6. The molecule has 3 N–H and O–H groups in total. The van der Waals surface area contributed by atoms with Crippen LogP contribution in [0, 0.1) is 0 Å². The van der Waals surface area contributed by atoms with Gasteiger partial charge in [-0.3, -0.25) is 4.79 Å². The highest BCUT2D eigenvalue weighted by atomic mass is 35.5. The lowest BCUT2D eigenvalue weighted by molar-refractivity contribution is 0.0948. The Hall–Kier alpha value is -2.04. The molecule has 0 aliphatic rings. The molecule has 0 bridgehead atoms. The molecule has 0 spiro atoms. The Bertz CT molecular complexity index is 657. The third-order valence-corrected chi connectivity index (χ3v) is 3.87. The summed E-state index contributed by atoms with van der Waals surface area (Å²) in [7, 11) is 1.55. The molecule has 1 unspecified atom stereocenters. The van der Waals surface area contributed by atoms with Gasteiger partial charge in [-0.25, -0.2) is 0 Å². The van der Waals surface area contributed by atoms with Crippen molar-refractivity contribution in [2.24, 2.45) is 5.73 Å². The molecule has 2 aromatic carbocycles. The molecular formula is C19H25ClN2O2. The number of carbonyl (C=O) groups excluding carboxylic acids is 1. The van der Waals surface area contributed by atoms with Gasteiger partial charge in [-0.15, -0.1) is 12.4 Å². The van der Waals surface area contributed by atoms with Crippen LogP contribution in [0.1, 0.15) is 47.3 Å². The number of carbonyl (C=O) groups is 1. The fourth-order valence-electron chi connectivity index (χ4n) is 2.38. The lowest BCUT2D eigenvalue weighted by atomic mass is 9.99. The molecule has 0 saturated carbocycles. The van der Waals surface area contributed by atoms with E-state index >= 15 is 0 Å². The number of para-hydroxylation sites is 1. The first kappa shape index (κ1) is 20.0. The molecule has 0 saturated heterocycles. The summed E-state index contributed by atoms with van der Waals surface area (Å²) in [4.78, 5) is 12.3. The summed E-state index contributed by atoms with van der Waals surface area (Å²) in [5.41, 5.74) is 8.97. The fraction of sp³-hybridized carbons (Fsp3) is 0.316. The lowest BCUT2D eigenvalue weighted by Gasteiger charge is -2.15. The molecule has 130 valence electrons. The van der Waals surface area contributed by atoms with Crippen molar-refractivity contribution in [3.05, 3.63) is 65.2 Å². The first-order valence-corrected chi connectivity index (χ1v) is 7.79. The van der Waals surface area contributed by atoms with Gasteiger partial charge in [-0.1, -0.05) is 50.2 Å². The monoisotopic (exact) mass is 348 g/mol. The Morgan fingerprint density at radius 1 is 1.08 bits per heavy atom. The number of hydrogen-bond donors (Lipinski definition) is 2. The summed E-state index contributed by atoms with van der Waals surface area (Å²) >= 11 is 0.